The maximum atomic E-state index is 12.6. The van der Waals surface area contributed by atoms with E-state index in [4.69, 9.17) is 4.74 Å². The van der Waals surface area contributed by atoms with Gasteiger partial charge in [0.1, 0.15) is 18.0 Å². The lowest BCUT2D eigenvalue weighted by atomic mass is 10.1. The van der Waals surface area contributed by atoms with Crippen LogP contribution < -0.4 is 4.74 Å². The van der Waals surface area contributed by atoms with Crippen LogP contribution in [0.5, 0.6) is 5.75 Å². The predicted octanol–water partition coefficient (Wildman–Crippen LogP) is 2.17. The SMILES string of the molecule is CN(C(=O)c1ccc(OCc2cn3ccccc3n2)cc1)[C@@H]1CCS(=O)(=O)C1. The highest BCUT2D eigenvalue weighted by Crippen LogP contribution is 2.20. The van der Waals surface area contributed by atoms with Gasteiger partial charge in [0.05, 0.1) is 17.2 Å². The Labute approximate surface area is 163 Å². The number of carbonyl (C=O) groups excluding carboxylic acids is 1. The molecule has 0 radical (unpaired) electrons. The molecule has 1 aromatic carbocycles. The second-order valence-corrected chi connectivity index (χ2v) is 9.21. The first kappa shape index (κ1) is 18.5. The van der Waals surface area contributed by atoms with Gasteiger partial charge in [-0.3, -0.25) is 4.79 Å². The Hall–Kier alpha value is -2.87. The van der Waals surface area contributed by atoms with Crippen LogP contribution in [0.15, 0.2) is 54.9 Å². The van der Waals surface area contributed by atoms with Crippen LogP contribution in [0.4, 0.5) is 0 Å². The van der Waals surface area contributed by atoms with Gasteiger partial charge in [-0.1, -0.05) is 6.07 Å². The number of nitrogens with zero attached hydrogens (tertiary/aromatic N) is 3. The Morgan fingerprint density at radius 3 is 2.71 bits per heavy atom. The molecule has 0 unspecified atom stereocenters. The quantitative estimate of drug-likeness (QED) is 0.657. The molecule has 146 valence electrons. The van der Waals surface area contributed by atoms with Crippen molar-refractivity contribution in [3.05, 3.63) is 66.1 Å². The standard InChI is InChI=1S/C20H21N3O4S/c1-22(17-9-11-28(25,26)14-17)20(24)15-5-7-18(8-6-15)27-13-16-12-23-10-3-2-4-19(23)21-16/h2-8,10,12,17H,9,11,13-14H2,1H3/t17-/m1/s1. The van der Waals surface area contributed by atoms with Gasteiger partial charge in [-0.2, -0.15) is 0 Å². The predicted molar refractivity (Wildman–Crippen MR) is 105 cm³/mol. The van der Waals surface area contributed by atoms with Crippen molar-refractivity contribution >= 4 is 21.4 Å². The lowest BCUT2D eigenvalue weighted by molar-refractivity contribution is 0.0747. The number of hydrogen-bond donors (Lipinski definition) is 0. The van der Waals surface area contributed by atoms with Gasteiger partial charge in [0.15, 0.2) is 9.84 Å². The molecule has 4 rings (SSSR count). The first-order valence-corrected chi connectivity index (χ1v) is 10.9. The summed E-state index contributed by atoms with van der Waals surface area (Å²) >= 11 is 0. The third-order valence-electron chi connectivity index (χ3n) is 4.98. The summed E-state index contributed by atoms with van der Waals surface area (Å²) in [5.74, 6) is 0.634. The summed E-state index contributed by atoms with van der Waals surface area (Å²) in [4.78, 5) is 18.6. The summed E-state index contributed by atoms with van der Waals surface area (Å²) in [6.45, 7) is 0.328. The highest BCUT2D eigenvalue weighted by Gasteiger charge is 2.33. The molecule has 0 saturated carbocycles. The van der Waals surface area contributed by atoms with Crippen LogP contribution in [-0.4, -0.2) is 53.2 Å². The Kier molecular flexibility index (Phi) is 4.80. The van der Waals surface area contributed by atoms with Gasteiger partial charge in [-0.15, -0.1) is 0 Å². The number of fused-ring (bicyclic) bond motifs is 1. The number of hydrogen-bond acceptors (Lipinski definition) is 5. The van der Waals surface area contributed by atoms with E-state index in [1.807, 2.05) is 35.0 Å². The monoisotopic (exact) mass is 399 g/mol. The maximum absolute atomic E-state index is 12.6. The Balaban J connectivity index is 1.38. The first-order chi connectivity index (χ1) is 13.4. The van der Waals surface area contributed by atoms with E-state index in [9.17, 15) is 13.2 Å². The fourth-order valence-electron chi connectivity index (χ4n) is 3.36. The van der Waals surface area contributed by atoms with Gasteiger partial charge < -0.3 is 14.0 Å². The average Bonchev–Trinajstić information content (AvgIpc) is 3.28. The van der Waals surface area contributed by atoms with E-state index >= 15 is 0 Å². The molecule has 1 atom stereocenters. The molecule has 3 aromatic rings. The fourth-order valence-corrected chi connectivity index (χ4v) is 5.13. The zero-order valence-electron chi connectivity index (χ0n) is 15.5. The molecule has 0 aliphatic carbocycles. The van der Waals surface area contributed by atoms with Gasteiger partial charge >= 0.3 is 0 Å². The second-order valence-electron chi connectivity index (χ2n) is 6.98. The van der Waals surface area contributed by atoms with Crippen molar-refractivity contribution in [2.75, 3.05) is 18.6 Å². The molecular formula is C20H21N3O4S. The molecule has 1 saturated heterocycles. The highest BCUT2D eigenvalue weighted by atomic mass is 32.2. The fraction of sp³-hybridized carbons (Fsp3) is 0.300. The number of pyridine rings is 1. The molecule has 2 aromatic heterocycles. The van der Waals surface area contributed by atoms with Crippen molar-refractivity contribution < 1.29 is 17.9 Å². The number of rotatable bonds is 5. The maximum Gasteiger partial charge on any atom is 0.253 e. The third kappa shape index (κ3) is 3.87. The van der Waals surface area contributed by atoms with E-state index < -0.39 is 9.84 Å². The third-order valence-corrected chi connectivity index (χ3v) is 6.73. The van der Waals surface area contributed by atoms with Crippen LogP contribution in [0.1, 0.15) is 22.5 Å². The number of benzene rings is 1. The van der Waals surface area contributed by atoms with E-state index in [1.165, 1.54) is 4.90 Å². The largest absolute Gasteiger partial charge is 0.487 e. The molecule has 1 aliphatic heterocycles. The smallest absolute Gasteiger partial charge is 0.253 e. The van der Waals surface area contributed by atoms with Gasteiger partial charge in [0, 0.05) is 31.0 Å². The Morgan fingerprint density at radius 1 is 1.25 bits per heavy atom. The Morgan fingerprint density at radius 2 is 2.04 bits per heavy atom. The minimum Gasteiger partial charge on any atom is -0.487 e. The molecule has 1 fully saturated rings. The topological polar surface area (TPSA) is 81.0 Å². The van der Waals surface area contributed by atoms with Gasteiger partial charge in [0.25, 0.3) is 5.91 Å². The summed E-state index contributed by atoms with van der Waals surface area (Å²) in [6, 6.07) is 12.4. The van der Waals surface area contributed by atoms with Gasteiger partial charge in [0.2, 0.25) is 0 Å². The van der Waals surface area contributed by atoms with E-state index in [0.717, 1.165) is 11.3 Å². The number of sulfone groups is 1. The van der Waals surface area contributed by atoms with Gasteiger partial charge in [-0.25, -0.2) is 13.4 Å². The normalized spacial score (nSPS) is 18.2. The van der Waals surface area contributed by atoms with E-state index in [1.54, 1.807) is 31.3 Å². The Bertz CT molecular complexity index is 1070. The lowest BCUT2D eigenvalue weighted by Gasteiger charge is -2.23. The van der Waals surface area contributed by atoms with Gasteiger partial charge in [-0.05, 0) is 42.8 Å². The number of carbonyl (C=O) groups is 1. The zero-order valence-corrected chi connectivity index (χ0v) is 16.3. The summed E-state index contributed by atoms with van der Waals surface area (Å²) in [7, 11) is -1.37. The second kappa shape index (κ2) is 7.27. The van der Waals surface area contributed by atoms with Crippen LogP contribution in [-0.2, 0) is 16.4 Å². The summed E-state index contributed by atoms with van der Waals surface area (Å²) in [6.07, 6.45) is 4.33. The number of amides is 1. The minimum absolute atomic E-state index is 0.0371. The summed E-state index contributed by atoms with van der Waals surface area (Å²) < 4.78 is 31.0. The number of imidazole rings is 1. The number of aromatic nitrogens is 2. The van der Waals surface area contributed by atoms with Crippen LogP contribution in [0, 0.1) is 0 Å². The van der Waals surface area contributed by atoms with Crippen LogP contribution >= 0.6 is 0 Å². The van der Waals surface area contributed by atoms with Crippen molar-refractivity contribution in [3.63, 3.8) is 0 Å². The highest BCUT2D eigenvalue weighted by molar-refractivity contribution is 7.91. The number of ether oxygens (including phenoxy) is 1. The zero-order chi connectivity index (χ0) is 19.7. The van der Waals surface area contributed by atoms with E-state index in [2.05, 4.69) is 4.98 Å². The molecule has 3 heterocycles. The van der Waals surface area contributed by atoms with Crippen molar-refractivity contribution in [1.29, 1.82) is 0 Å². The van der Waals surface area contributed by atoms with Crippen molar-refractivity contribution in [2.24, 2.45) is 0 Å². The van der Waals surface area contributed by atoms with E-state index in [-0.39, 0.29) is 23.5 Å². The molecule has 1 amide bonds. The molecule has 8 heteroatoms. The minimum atomic E-state index is -3.03. The molecule has 7 nitrogen and oxygen atoms in total. The summed E-state index contributed by atoms with van der Waals surface area (Å²) in [5, 5.41) is 0. The van der Waals surface area contributed by atoms with Crippen LogP contribution in [0.3, 0.4) is 0 Å². The molecule has 28 heavy (non-hydrogen) atoms. The molecule has 0 bridgehead atoms. The van der Waals surface area contributed by atoms with Crippen LogP contribution in [0.2, 0.25) is 0 Å². The molecule has 0 N–H and O–H groups in total. The van der Waals surface area contributed by atoms with E-state index in [0.29, 0.717) is 24.3 Å². The lowest BCUT2D eigenvalue weighted by Crippen LogP contribution is -2.37. The van der Waals surface area contributed by atoms with Crippen molar-refractivity contribution in [1.82, 2.24) is 14.3 Å². The van der Waals surface area contributed by atoms with Crippen LogP contribution in [0.25, 0.3) is 5.65 Å². The average molecular weight is 399 g/mol. The first-order valence-electron chi connectivity index (χ1n) is 9.04. The summed E-state index contributed by atoms with van der Waals surface area (Å²) in [5.41, 5.74) is 2.18. The molecule has 1 aliphatic rings. The van der Waals surface area contributed by atoms with Crippen molar-refractivity contribution in [3.8, 4) is 5.75 Å². The molecule has 0 spiro atoms. The van der Waals surface area contributed by atoms with Crippen molar-refractivity contribution in [2.45, 2.75) is 19.1 Å². The molecular weight excluding hydrogens is 378 g/mol.